The van der Waals surface area contributed by atoms with Crippen LogP contribution in [0.3, 0.4) is 0 Å². The van der Waals surface area contributed by atoms with E-state index < -0.39 is 62.1 Å². The van der Waals surface area contributed by atoms with E-state index >= 15 is 0 Å². The monoisotopic (exact) mass is 443 g/mol. The number of carbonyl (C=O) groups excluding carboxylic acids is 1. The molecule has 1 aromatic carbocycles. The van der Waals surface area contributed by atoms with Gasteiger partial charge in [0.15, 0.2) is 0 Å². The van der Waals surface area contributed by atoms with E-state index in [1.807, 2.05) is 9.44 Å². The molecule has 154 valence electrons. The van der Waals surface area contributed by atoms with Gasteiger partial charge >= 0.3 is 11.9 Å². The third-order valence-corrected chi connectivity index (χ3v) is 5.04. The van der Waals surface area contributed by atoms with E-state index in [4.69, 9.17) is 0 Å². The number of halogens is 4. The summed E-state index contributed by atoms with van der Waals surface area (Å²) in [5.74, 6) is -4.29. The Kier molecular flexibility index (Phi) is 5.79. The van der Waals surface area contributed by atoms with Crippen molar-refractivity contribution in [3.05, 3.63) is 39.8 Å². The van der Waals surface area contributed by atoms with Crippen LogP contribution < -0.4 is 15.1 Å². The van der Waals surface area contributed by atoms with Crippen molar-refractivity contribution in [2.24, 2.45) is 7.05 Å². The minimum Gasteiger partial charge on any atom is -0.299 e. The second kappa shape index (κ2) is 7.46. The molecule has 0 fully saturated rings. The SMILES string of the molecule is CCS(=O)(=O)Nc1cc(-n2nc(C(F)(F)F)n(C)c2=O)c(F)cc1C(=O)NS. The number of benzene rings is 1. The minimum atomic E-state index is -4.99. The Hall–Kier alpha value is -2.55. The highest BCUT2D eigenvalue weighted by molar-refractivity contribution is 7.92. The highest BCUT2D eigenvalue weighted by Gasteiger charge is 2.38. The number of carbonyl (C=O) groups is 1. The fourth-order valence-electron chi connectivity index (χ4n) is 2.14. The zero-order valence-electron chi connectivity index (χ0n) is 14.2. The van der Waals surface area contributed by atoms with E-state index in [1.165, 1.54) is 6.92 Å². The standard InChI is InChI=1S/C13H13F4N5O4S2/c1-3-28(25,26)20-8-5-9(7(14)4-6(8)10(23)19-27)22-12(24)21(2)11(18-22)13(15,16)17/h4-5,20,27H,3H2,1-2H3,(H,19,23). The molecule has 0 unspecified atom stereocenters. The number of nitrogens with one attached hydrogen (secondary N) is 2. The van der Waals surface area contributed by atoms with Crippen molar-refractivity contribution in [3.8, 4) is 5.69 Å². The molecule has 2 aromatic rings. The molecule has 2 rings (SSSR count). The van der Waals surface area contributed by atoms with Gasteiger partial charge in [0.2, 0.25) is 15.8 Å². The maximum absolute atomic E-state index is 14.5. The number of hydrogen-bond donors (Lipinski definition) is 3. The van der Waals surface area contributed by atoms with Crippen molar-refractivity contribution in [3.63, 3.8) is 0 Å². The topological polar surface area (TPSA) is 115 Å². The predicted octanol–water partition coefficient (Wildman–Crippen LogP) is 1.07. The number of sulfonamides is 1. The number of amides is 1. The molecular formula is C13H13F4N5O4S2. The summed E-state index contributed by atoms with van der Waals surface area (Å²) in [4.78, 5) is 23.9. The van der Waals surface area contributed by atoms with Gasteiger partial charge in [-0.2, -0.15) is 17.9 Å². The second-order valence-corrected chi connectivity index (χ2v) is 7.60. The molecule has 0 aliphatic rings. The van der Waals surface area contributed by atoms with Gasteiger partial charge in [-0.25, -0.2) is 17.6 Å². The fraction of sp³-hybridized carbons (Fsp3) is 0.308. The van der Waals surface area contributed by atoms with Crippen LogP contribution in [0, 0.1) is 5.82 Å². The normalized spacial score (nSPS) is 12.1. The molecule has 0 bridgehead atoms. The van der Waals surface area contributed by atoms with E-state index in [-0.39, 0.29) is 9.25 Å². The van der Waals surface area contributed by atoms with Crippen LogP contribution in [0.25, 0.3) is 5.69 Å². The molecule has 0 aliphatic heterocycles. The van der Waals surface area contributed by atoms with Gasteiger partial charge in [-0.15, -0.1) is 5.10 Å². The highest BCUT2D eigenvalue weighted by Crippen LogP contribution is 2.28. The third kappa shape index (κ3) is 4.14. The van der Waals surface area contributed by atoms with Crippen molar-refractivity contribution in [2.75, 3.05) is 10.5 Å². The molecule has 28 heavy (non-hydrogen) atoms. The number of alkyl halides is 3. The van der Waals surface area contributed by atoms with Crippen LogP contribution in [0.2, 0.25) is 0 Å². The Bertz CT molecular complexity index is 1090. The van der Waals surface area contributed by atoms with Crippen molar-refractivity contribution in [2.45, 2.75) is 13.1 Å². The average Bonchev–Trinajstić information content (AvgIpc) is 2.90. The van der Waals surface area contributed by atoms with Gasteiger partial charge < -0.3 is 0 Å². The molecule has 1 aromatic heterocycles. The largest absolute Gasteiger partial charge is 0.451 e. The van der Waals surface area contributed by atoms with Crippen molar-refractivity contribution < 1.29 is 30.8 Å². The van der Waals surface area contributed by atoms with Gasteiger partial charge in [0.05, 0.1) is 17.0 Å². The van der Waals surface area contributed by atoms with Crippen LogP contribution in [0.15, 0.2) is 16.9 Å². The zero-order valence-corrected chi connectivity index (χ0v) is 15.9. The summed E-state index contributed by atoms with van der Waals surface area (Å²) >= 11 is 3.51. The molecule has 0 atom stereocenters. The van der Waals surface area contributed by atoms with Crippen LogP contribution in [-0.4, -0.2) is 34.4 Å². The van der Waals surface area contributed by atoms with Gasteiger partial charge in [-0.05, 0) is 19.1 Å². The van der Waals surface area contributed by atoms with Crippen molar-refractivity contribution in [1.82, 2.24) is 19.1 Å². The number of rotatable bonds is 5. The number of anilines is 1. The fourth-order valence-corrected chi connectivity index (χ4v) is 2.91. The molecule has 15 heteroatoms. The molecular weight excluding hydrogens is 430 g/mol. The lowest BCUT2D eigenvalue weighted by Crippen LogP contribution is -2.25. The van der Waals surface area contributed by atoms with E-state index in [0.29, 0.717) is 12.1 Å². The molecule has 0 spiro atoms. The molecule has 1 heterocycles. The average molecular weight is 443 g/mol. The second-order valence-electron chi connectivity index (χ2n) is 5.37. The molecule has 2 N–H and O–H groups in total. The Morgan fingerprint density at radius 2 is 1.93 bits per heavy atom. The van der Waals surface area contributed by atoms with Crippen molar-refractivity contribution >= 4 is 34.4 Å². The van der Waals surface area contributed by atoms with Gasteiger partial charge in [0, 0.05) is 7.05 Å². The third-order valence-electron chi connectivity index (χ3n) is 3.54. The van der Waals surface area contributed by atoms with Gasteiger partial charge in [-0.1, -0.05) is 12.8 Å². The first-order valence-electron chi connectivity index (χ1n) is 7.34. The Balaban J connectivity index is 2.77. The van der Waals surface area contributed by atoms with Crippen molar-refractivity contribution in [1.29, 1.82) is 0 Å². The lowest BCUT2D eigenvalue weighted by atomic mass is 10.1. The molecule has 0 radical (unpaired) electrons. The maximum atomic E-state index is 14.5. The lowest BCUT2D eigenvalue weighted by molar-refractivity contribution is -0.147. The Morgan fingerprint density at radius 3 is 2.39 bits per heavy atom. The number of nitrogens with zero attached hydrogens (tertiary/aromatic N) is 3. The molecule has 0 saturated heterocycles. The van der Waals surface area contributed by atoms with Gasteiger partial charge in [-0.3, -0.25) is 18.8 Å². The highest BCUT2D eigenvalue weighted by atomic mass is 32.2. The Labute approximate surface area is 160 Å². The molecule has 1 amide bonds. The lowest BCUT2D eigenvalue weighted by Gasteiger charge is -2.13. The van der Waals surface area contributed by atoms with Gasteiger partial charge in [0.1, 0.15) is 11.5 Å². The first-order valence-corrected chi connectivity index (χ1v) is 9.44. The molecule has 9 nitrogen and oxygen atoms in total. The summed E-state index contributed by atoms with van der Waals surface area (Å²) in [6.45, 7) is 1.28. The Morgan fingerprint density at radius 1 is 1.32 bits per heavy atom. The van der Waals surface area contributed by atoms with E-state index in [0.717, 1.165) is 7.05 Å². The summed E-state index contributed by atoms with van der Waals surface area (Å²) in [6, 6.07) is 1.23. The van der Waals surface area contributed by atoms with Crippen LogP contribution in [0.1, 0.15) is 23.1 Å². The van der Waals surface area contributed by atoms with Crippen LogP contribution >= 0.6 is 12.8 Å². The van der Waals surface area contributed by atoms with E-state index in [1.54, 1.807) is 0 Å². The summed E-state index contributed by atoms with van der Waals surface area (Å²) < 4.78 is 81.1. The molecule has 0 aliphatic carbocycles. The van der Waals surface area contributed by atoms with E-state index in [2.05, 4.69) is 17.9 Å². The minimum absolute atomic E-state index is 0.115. The summed E-state index contributed by atoms with van der Waals surface area (Å²) in [5.41, 5.74) is -3.10. The predicted molar refractivity (Wildman–Crippen MR) is 93.3 cm³/mol. The number of thiol groups is 1. The summed E-state index contributed by atoms with van der Waals surface area (Å²) in [7, 11) is -3.17. The zero-order chi connectivity index (χ0) is 21.4. The molecule has 0 saturated carbocycles. The quantitative estimate of drug-likeness (QED) is 0.472. The summed E-state index contributed by atoms with van der Waals surface area (Å²) in [5, 5.41) is 3.07. The van der Waals surface area contributed by atoms with Crippen LogP contribution in [-0.2, 0) is 23.2 Å². The van der Waals surface area contributed by atoms with Crippen LogP contribution in [0.5, 0.6) is 0 Å². The van der Waals surface area contributed by atoms with Gasteiger partial charge in [0.25, 0.3) is 5.91 Å². The maximum Gasteiger partial charge on any atom is 0.451 e. The summed E-state index contributed by atoms with van der Waals surface area (Å²) in [6.07, 6.45) is -4.99. The van der Waals surface area contributed by atoms with Crippen LogP contribution in [0.4, 0.5) is 23.2 Å². The first-order chi connectivity index (χ1) is 12.8. The number of hydrogen-bond acceptors (Lipinski definition) is 6. The van der Waals surface area contributed by atoms with E-state index in [9.17, 15) is 35.6 Å². The smallest absolute Gasteiger partial charge is 0.299 e. The number of aromatic nitrogens is 3. The first kappa shape index (κ1) is 21.7.